The number of ether oxygens (including phenoxy) is 2. The Labute approximate surface area is 276 Å². The zero-order valence-electron chi connectivity index (χ0n) is 25.0. The molecule has 3 N–H and O–H groups in total. The number of pyridine rings is 1. The summed E-state index contributed by atoms with van der Waals surface area (Å²) in [4.78, 5) is 8.69. The monoisotopic (exact) mass is 665 g/mol. The molecule has 238 valence electrons. The Kier molecular flexibility index (Phi) is 9.01. The fourth-order valence-corrected chi connectivity index (χ4v) is 7.91. The number of hydrogen-bond donors (Lipinski definition) is 3. The van der Waals surface area contributed by atoms with Gasteiger partial charge in [-0.3, -0.25) is 14.8 Å². The van der Waals surface area contributed by atoms with Crippen molar-refractivity contribution >= 4 is 38.4 Å². The van der Waals surface area contributed by atoms with Gasteiger partial charge in [0.2, 0.25) is 0 Å². The van der Waals surface area contributed by atoms with Gasteiger partial charge >= 0.3 is 0 Å². The molecule has 10 nitrogen and oxygen atoms in total. The molecule has 0 bridgehead atoms. The number of aromatic amines is 1. The number of aliphatic hydroxyl groups is 1. The number of sulfonamides is 1. The van der Waals surface area contributed by atoms with Crippen LogP contribution in [0.4, 0.5) is 5.69 Å². The largest absolute Gasteiger partial charge is 0.392 e. The quantitative estimate of drug-likeness (QED) is 0.142. The van der Waals surface area contributed by atoms with E-state index in [0.29, 0.717) is 27.7 Å². The van der Waals surface area contributed by atoms with Crippen molar-refractivity contribution in [1.82, 2.24) is 20.2 Å². The van der Waals surface area contributed by atoms with Crippen LogP contribution in [0, 0.1) is 0 Å². The number of hydrogen-bond acceptors (Lipinski definition) is 9. The van der Waals surface area contributed by atoms with Crippen LogP contribution in [0.3, 0.4) is 0 Å². The first-order chi connectivity index (χ1) is 23.0. The van der Waals surface area contributed by atoms with Gasteiger partial charge in [-0.1, -0.05) is 96.7 Å². The molecular formula is C35H31N5O5S2. The Morgan fingerprint density at radius 2 is 1.62 bits per heavy atom. The van der Waals surface area contributed by atoms with Crippen molar-refractivity contribution in [3.8, 4) is 0 Å². The third-order valence-electron chi connectivity index (χ3n) is 8.04. The van der Waals surface area contributed by atoms with E-state index in [0.717, 1.165) is 22.1 Å². The zero-order valence-corrected chi connectivity index (χ0v) is 26.6. The molecule has 0 radical (unpaired) electrons. The molecule has 12 heteroatoms. The van der Waals surface area contributed by atoms with Gasteiger partial charge in [0, 0.05) is 34.5 Å². The van der Waals surface area contributed by atoms with E-state index in [9.17, 15) is 13.5 Å². The Morgan fingerprint density at radius 3 is 2.40 bits per heavy atom. The van der Waals surface area contributed by atoms with E-state index < -0.39 is 22.4 Å². The van der Waals surface area contributed by atoms with Crippen LogP contribution in [-0.4, -0.2) is 45.5 Å². The molecule has 1 aliphatic rings. The Hall–Kier alpha value is -4.59. The number of H-pyrrole nitrogens is 1. The van der Waals surface area contributed by atoms with Gasteiger partial charge in [0.25, 0.3) is 10.0 Å². The molecule has 1 saturated heterocycles. The number of para-hydroxylation sites is 1. The Balaban J connectivity index is 1.23. The van der Waals surface area contributed by atoms with Crippen LogP contribution in [0.2, 0.25) is 0 Å². The molecule has 0 aliphatic carbocycles. The fourth-order valence-electron chi connectivity index (χ4n) is 5.83. The molecular weight excluding hydrogens is 635 g/mol. The first kappa shape index (κ1) is 31.0. The fraction of sp³-hybridized carbons (Fsp3) is 0.171. The van der Waals surface area contributed by atoms with Gasteiger partial charge < -0.3 is 14.6 Å². The standard InChI is InChI=1S/C35H31N5O5S2/c41-20-23-14-16-26(17-15-23)33-31(24-7-2-1-3-8-24)29(21-46-35-37-22-38-39-35)44-34(45-33)27-10-4-12-28(19-27)40-47(42,43)30-13-5-9-25-11-6-18-36-32(25)30/h1-19,22,29,31,33-34,40-41H,20-21H2,(H,37,38,39)/t29-,31-,33+,34?/m1/s1. The van der Waals surface area contributed by atoms with Crippen LogP contribution in [-0.2, 0) is 26.1 Å². The average Bonchev–Trinajstić information content (AvgIpc) is 3.64. The van der Waals surface area contributed by atoms with Gasteiger partial charge in [0.1, 0.15) is 11.2 Å². The molecule has 47 heavy (non-hydrogen) atoms. The van der Waals surface area contributed by atoms with Gasteiger partial charge in [0.15, 0.2) is 11.4 Å². The molecule has 0 saturated carbocycles. The minimum atomic E-state index is -3.97. The van der Waals surface area contributed by atoms with Crippen molar-refractivity contribution in [2.24, 2.45) is 0 Å². The lowest BCUT2D eigenvalue weighted by Gasteiger charge is -2.43. The number of aliphatic hydroxyl groups excluding tert-OH is 1. The van der Waals surface area contributed by atoms with E-state index in [2.05, 4.69) is 37.0 Å². The summed E-state index contributed by atoms with van der Waals surface area (Å²) in [5.41, 5.74) is 4.19. The van der Waals surface area contributed by atoms with Crippen LogP contribution in [0.15, 0.2) is 132 Å². The second-order valence-electron chi connectivity index (χ2n) is 11.1. The lowest BCUT2D eigenvalue weighted by Crippen LogP contribution is -2.38. The van der Waals surface area contributed by atoms with Crippen LogP contribution in [0.1, 0.15) is 40.6 Å². The van der Waals surface area contributed by atoms with Crippen LogP contribution in [0.25, 0.3) is 10.9 Å². The predicted octanol–water partition coefficient (Wildman–Crippen LogP) is 6.38. The maximum atomic E-state index is 13.6. The number of aromatic nitrogens is 4. The van der Waals surface area contributed by atoms with Crippen molar-refractivity contribution < 1.29 is 23.0 Å². The van der Waals surface area contributed by atoms with E-state index in [-0.39, 0.29) is 23.5 Å². The lowest BCUT2D eigenvalue weighted by molar-refractivity contribution is -0.255. The maximum Gasteiger partial charge on any atom is 0.264 e. The smallest absolute Gasteiger partial charge is 0.264 e. The molecule has 0 spiro atoms. The molecule has 7 rings (SSSR count). The molecule has 2 aromatic heterocycles. The van der Waals surface area contributed by atoms with E-state index in [1.807, 2.05) is 60.7 Å². The molecule has 0 amide bonds. The van der Waals surface area contributed by atoms with Crippen molar-refractivity contribution in [2.75, 3.05) is 10.5 Å². The first-order valence-corrected chi connectivity index (χ1v) is 17.5. The number of anilines is 1. The minimum Gasteiger partial charge on any atom is -0.392 e. The summed E-state index contributed by atoms with van der Waals surface area (Å²) in [6, 6.07) is 33.5. The highest BCUT2D eigenvalue weighted by Gasteiger charge is 2.42. The van der Waals surface area contributed by atoms with Crippen LogP contribution in [0.5, 0.6) is 0 Å². The van der Waals surface area contributed by atoms with Crippen molar-refractivity contribution in [3.05, 3.63) is 144 Å². The van der Waals surface area contributed by atoms with Crippen LogP contribution < -0.4 is 4.72 Å². The lowest BCUT2D eigenvalue weighted by atomic mass is 9.84. The van der Waals surface area contributed by atoms with Gasteiger partial charge in [-0.25, -0.2) is 13.4 Å². The normalized spacial score (nSPS) is 19.9. The SMILES string of the molecule is O=S(=O)(Nc1cccc(C2O[C@H](CSc3ncn[nH]3)[C@@H](c3ccccc3)[C@H](c3ccc(CO)cc3)O2)c1)c1cccc2cccnc12. The Morgan fingerprint density at radius 1 is 0.830 bits per heavy atom. The number of benzene rings is 4. The van der Waals surface area contributed by atoms with E-state index in [1.54, 1.807) is 42.6 Å². The number of thioether (sulfide) groups is 1. The van der Waals surface area contributed by atoms with Crippen molar-refractivity contribution in [2.45, 2.75) is 41.1 Å². The summed E-state index contributed by atoms with van der Waals surface area (Å²) >= 11 is 1.50. The molecule has 3 heterocycles. The zero-order chi connectivity index (χ0) is 32.2. The molecule has 4 atom stereocenters. The second-order valence-corrected chi connectivity index (χ2v) is 13.7. The summed E-state index contributed by atoms with van der Waals surface area (Å²) in [7, 11) is -3.97. The summed E-state index contributed by atoms with van der Waals surface area (Å²) in [5, 5.41) is 18.0. The first-order valence-electron chi connectivity index (χ1n) is 15.0. The summed E-state index contributed by atoms with van der Waals surface area (Å²) < 4.78 is 43.4. The number of rotatable bonds is 10. The average molecular weight is 666 g/mol. The van der Waals surface area contributed by atoms with E-state index in [1.165, 1.54) is 18.1 Å². The van der Waals surface area contributed by atoms with Gasteiger partial charge in [-0.2, -0.15) is 5.10 Å². The molecule has 1 aliphatic heterocycles. The minimum absolute atomic E-state index is 0.0619. The third kappa shape index (κ3) is 6.78. The molecule has 6 aromatic rings. The summed E-state index contributed by atoms with van der Waals surface area (Å²) in [6.45, 7) is -0.0619. The highest BCUT2D eigenvalue weighted by atomic mass is 32.2. The number of nitrogens with one attached hydrogen (secondary N) is 2. The summed E-state index contributed by atoms with van der Waals surface area (Å²) in [6.07, 6.45) is 1.47. The second kappa shape index (κ2) is 13.6. The van der Waals surface area contributed by atoms with Gasteiger partial charge in [0.05, 0.1) is 24.3 Å². The molecule has 4 aromatic carbocycles. The van der Waals surface area contributed by atoms with E-state index >= 15 is 0 Å². The highest BCUT2D eigenvalue weighted by molar-refractivity contribution is 7.99. The van der Waals surface area contributed by atoms with Crippen molar-refractivity contribution in [1.29, 1.82) is 0 Å². The highest BCUT2D eigenvalue weighted by Crippen LogP contribution is 2.48. The summed E-state index contributed by atoms with van der Waals surface area (Å²) in [5.74, 6) is 0.351. The van der Waals surface area contributed by atoms with Gasteiger partial charge in [-0.05, 0) is 41.0 Å². The number of fused-ring (bicyclic) bond motifs is 1. The number of nitrogens with zero attached hydrogens (tertiary/aromatic N) is 3. The van der Waals surface area contributed by atoms with Gasteiger partial charge in [-0.15, -0.1) is 0 Å². The van der Waals surface area contributed by atoms with Crippen molar-refractivity contribution in [3.63, 3.8) is 0 Å². The van der Waals surface area contributed by atoms with Crippen LogP contribution >= 0.6 is 11.8 Å². The Bertz CT molecular complexity index is 2060. The topological polar surface area (TPSA) is 139 Å². The predicted molar refractivity (Wildman–Crippen MR) is 179 cm³/mol. The maximum absolute atomic E-state index is 13.6. The third-order valence-corrected chi connectivity index (χ3v) is 10.4. The van der Waals surface area contributed by atoms with E-state index in [4.69, 9.17) is 9.47 Å². The molecule has 1 unspecified atom stereocenters. The molecule has 1 fully saturated rings.